The predicted molar refractivity (Wildman–Crippen MR) is 117 cm³/mol. The number of hydrogen-bond acceptors (Lipinski definition) is 3. The molecule has 0 unspecified atom stereocenters. The number of fused-ring (bicyclic) bond motifs is 4. The maximum atomic E-state index is 13.2. The predicted octanol–water partition coefficient (Wildman–Crippen LogP) is 3.87. The van der Waals surface area contributed by atoms with E-state index in [-0.39, 0.29) is 23.4 Å². The number of carbonyl (C=O) groups excluding carboxylic acids is 1. The van der Waals surface area contributed by atoms with Gasteiger partial charge >= 0.3 is 6.03 Å². The molecule has 0 radical (unpaired) electrons. The van der Waals surface area contributed by atoms with Crippen molar-refractivity contribution in [1.29, 1.82) is 0 Å². The second-order valence-electron chi connectivity index (χ2n) is 8.33. The number of piperidine rings is 1. The number of likely N-dealkylation sites (tertiary alicyclic amines) is 1. The SMILES string of the molecule is Cc1ccc(NC(=O)N2C[C@@H]3C[C@H](C2)c2ccc(-c4cccnc4)c(=O)n2C3)cc1. The van der Waals surface area contributed by atoms with Crippen molar-refractivity contribution in [2.24, 2.45) is 5.92 Å². The number of pyridine rings is 2. The molecular formula is C24H24N4O2. The minimum Gasteiger partial charge on any atom is -0.324 e. The molecule has 3 aromatic rings. The third-order valence-electron chi connectivity index (χ3n) is 6.17. The van der Waals surface area contributed by atoms with Crippen LogP contribution in [0.4, 0.5) is 10.5 Å². The number of aromatic nitrogens is 2. The van der Waals surface area contributed by atoms with Crippen LogP contribution in [0.5, 0.6) is 0 Å². The van der Waals surface area contributed by atoms with E-state index in [0.29, 0.717) is 25.2 Å². The number of benzene rings is 1. The highest BCUT2D eigenvalue weighted by atomic mass is 16.2. The van der Waals surface area contributed by atoms with Crippen molar-refractivity contribution in [3.8, 4) is 11.1 Å². The Balaban J connectivity index is 1.38. The van der Waals surface area contributed by atoms with Crippen LogP contribution in [0, 0.1) is 12.8 Å². The quantitative estimate of drug-likeness (QED) is 0.710. The Labute approximate surface area is 175 Å². The zero-order valence-electron chi connectivity index (χ0n) is 16.9. The Morgan fingerprint density at radius 2 is 1.90 bits per heavy atom. The summed E-state index contributed by atoms with van der Waals surface area (Å²) < 4.78 is 1.91. The molecular weight excluding hydrogens is 376 g/mol. The summed E-state index contributed by atoms with van der Waals surface area (Å²) in [5.41, 5.74) is 4.55. The Hall–Kier alpha value is -3.41. The topological polar surface area (TPSA) is 67.2 Å². The van der Waals surface area contributed by atoms with Gasteiger partial charge in [0.2, 0.25) is 0 Å². The number of nitrogens with one attached hydrogen (secondary N) is 1. The van der Waals surface area contributed by atoms with Gasteiger partial charge in [-0.2, -0.15) is 0 Å². The number of rotatable bonds is 2. The molecule has 6 heteroatoms. The second-order valence-corrected chi connectivity index (χ2v) is 8.33. The summed E-state index contributed by atoms with van der Waals surface area (Å²) in [5, 5.41) is 3.01. The van der Waals surface area contributed by atoms with Gasteiger partial charge in [0.05, 0.1) is 0 Å². The highest BCUT2D eigenvalue weighted by molar-refractivity contribution is 5.89. The first-order valence-electron chi connectivity index (χ1n) is 10.4. The molecule has 2 atom stereocenters. The average molecular weight is 400 g/mol. The lowest BCUT2D eigenvalue weighted by atomic mass is 9.83. The highest BCUT2D eigenvalue weighted by Gasteiger charge is 2.36. The van der Waals surface area contributed by atoms with Gasteiger partial charge in [0.1, 0.15) is 0 Å². The molecule has 6 nitrogen and oxygen atoms in total. The van der Waals surface area contributed by atoms with E-state index >= 15 is 0 Å². The maximum Gasteiger partial charge on any atom is 0.321 e. The Kier molecular flexibility index (Phi) is 4.62. The molecule has 2 bridgehead atoms. The summed E-state index contributed by atoms with van der Waals surface area (Å²) in [6.07, 6.45) is 4.45. The van der Waals surface area contributed by atoms with Gasteiger partial charge in [0, 0.05) is 60.5 Å². The largest absolute Gasteiger partial charge is 0.324 e. The van der Waals surface area contributed by atoms with Crippen molar-refractivity contribution in [3.05, 3.63) is 82.5 Å². The first kappa shape index (κ1) is 18.6. The smallest absolute Gasteiger partial charge is 0.321 e. The van der Waals surface area contributed by atoms with Crippen LogP contribution in [0.3, 0.4) is 0 Å². The van der Waals surface area contributed by atoms with Crippen molar-refractivity contribution >= 4 is 11.7 Å². The summed E-state index contributed by atoms with van der Waals surface area (Å²) in [6.45, 7) is 3.96. The fourth-order valence-corrected chi connectivity index (χ4v) is 4.69. The zero-order chi connectivity index (χ0) is 20.7. The second kappa shape index (κ2) is 7.44. The fourth-order valence-electron chi connectivity index (χ4n) is 4.69. The lowest BCUT2D eigenvalue weighted by Gasteiger charge is -2.42. The van der Waals surface area contributed by atoms with E-state index in [4.69, 9.17) is 0 Å². The lowest BCUT2D eigenvalue weighted by molar-refractivity contribution is 0.139. The van der Waals surface area contributed by atoms with Crippen LogP contribution < -0.4 is 10.9 Å². The molecule has 1 fully saturated rings. The summed E-state index contributed by atoms with van der Waals surface area (Å²) in [6, 6.07) is 15.5. The van der Waals surface area contributed by atoms with Gasteiger partial charge in [-0.25, -0.2) is 4.79 Å². The number of anilines is 1. The van der Waals surface area contributed by atoms with Crippen LogP contribution in [-0.2, 0) is 6.54 Å². The van der Waals surface area contributed by atoms with Gasteiger partial charge in [-0.05, 0) is 49.6 Å². The first-order valence-corrected chi connectivity index (χ1v) is 10.4. The number of nitrogens with zero attached hydrogens (tertiary/aromatic N) is 3. The van der Waals surface area contributed by atoms with Crippen LogP contribution >= 0.6 is 0 Å². The third kappa shape index (κ3) is 3.38. The van der Waals surface area contributed by atoms with Crippen LogP contribution in [0.1, 0.15) is 23.6 Å². The van der Waals surface area contributed by atoms with Gasteiger partial charge in [0.25, 0.3) is 5.56 Å². The van der Waals surface area contributed by atoms with Crippen molar-refractivity contribution in [2.45, 2.75) is 25.8 Å². The summed E-state index contributed by atoms with van der Waals surface area (Å²) >= 11 is 0. The molecule has 5 rings (SSSR count). The standard InChI is InChI=1S/C24H24N4O2/c1-16-4-6-20(7-5-16)26-24(30)27-13-17-11-19(15-27)22-9-8-21(23(29)28(22)14-17)18-3-2-10-25-12-18/h2-10,12,17,19H,11,13-15H2,1H3,(H,26,30)/t17-,19+/m0/s1. The highest BCUT2D eigenvalue weighted by Crippen LogP contribution is 2.36. The van der Waals surface area contributed by atoms with E-state index < -0.39 is 0 Å². The summed E-state index contributed by atoms with van der Waals surface area (Å²) in [4.78, 5) is 32.0. The molecule has 2 aliphatic rings. The van der Waals surface area contributed by atoms with E-state index in [2.05, 4.69) is 10.3 Å². The number of amides is 2. The van der Waals surface area contributed by atoms with Crippen LogP contribution in [0.2, 0.25) is 0 Å². The Morgan fingerprint density at radius 1 is 1.07 bits per heavy atom. The first-order chi connectivity index (χ1) is 14.6. The van der Waals surface area contributed by atoms with Crippen molar-refractivity contribution in [3.63, 3.8) is 0 Å². The van der Waals surface area contributed by atoms with Gasteiger partial charge in [-0.1, -0.05) is 23.8 Å². The molecule has 152 valence electrons. The van der Waals surface area contributed by atoms with Crippen LogP contribution in [-0.4, -0.2) is 33.6 Å². The van der Waals surface area contributed by atoms with E-state index in [9.17, 15) is 9.59 Å². The van der Waals surface area contributed by atoms with E-state index in [1.54, 1.807) is 12.4 Å². The Bertz CT molecular complexity index is 1140. The number of aryl methyl sites for hydroxylation is 1. The number of urea groups is 1. The van der Waals surface area contributed by atoms with Crippen molar-refractivity contribution in [2.75, 3.05) is 18.4 Å². The van der Waals surface area contributed by atoms with E-state index in [1.807, 2.05) is 64.9 Å². The lowest BCUT2D eigenvalue weighted by Crippen LogP contribution is -2.50. The number of hydrogen-bond donors (Lipinski definition) is 1. The average Bonchev–Trinajstić information content (AvgIpc) is 2.76. The molecule has 4 heterocycles. The van der Waals surface area contributed by atoms with Crippen LogP contribution in [0.15, 0.2) is 65.7 Å². The molecule has 0 aliphatic carbocycles. The summed E-state index contributed by atoms with van der Waals surface area (Å²) in [5.74, 6) is 0.457. The molecule has 2 aromatic heterocycles. The van der Waals surface area contributed by atoms with Gasteiger partial charge in [0.15, 0.2) is 0 Å². The zero-order valence-corrected chi connectivity index (χ0v) is 16.9. The molecule has 0 saturated carbocycles. The molecule has 2 amide bonds. The minimum absolute atomic E-state index is 0.0350. The van der Waals surface area contributed by atoms with Crippen molar-refractivity contribution in [1.82, 2.24) is 14.5 Å². The van der Waals surface area contributed by atoms with Crippen molar-refractivity contribution < 1.29 is 4.79 Å². The van der Waals surface area contributed by atoms with Crippen LogP contribution in [0.25, 0.3) is 11.1 Å². The molecule has 30 heavy (non-hydrogen) atoms. The molecule has 1 N–H and O–H groups in total. The third-order valence-corrected chi connectivity index (χ3v) is 6.17. The normalized spacial score (nSPS) is 19.8. The minimum atomic E-state index is -0.0728. The molecule has 1 saturated heterocycles. The van der Waals surface area contributed by atoms with E-state index in [0.717, 1.165) is 28.9 Å². The monoisotopic (exact) mass is 400 g/mol. The fraction of sp³-hybridized carbons (Fsp3) is 0.292. The van der Waals surface area contributed by atoms with E-state index in [1.165, 1.54) is 0 Å². The maximum absolute atomic E-state index is 13.2. The van der Waals surface area contributed by atoms with Gasteiger partial charge in [-0.15, -0.1) is 0 Å². The van der Waals surface area contributed by atoms with Gasteiger partial charge < -0.3 is 14.8 Å². The van der Waals surface area contributed by atoms with Gasteiger partial charge in [-0.3, -0.25) is 9.78 Å². The Morgan fingerprint density at radius 3 is 2.67 bits per heavy atom. The molecule has 2 aliphatic heterocycles. The number of carbonyl (C=O) groups is 1. The molecule has 0 spiro atoms. The molecule has 1 aromatic carbocycles. The summed E-state index contributed by atoms with van der Waals surface area (Å²) in [7, 11) is 0.